The van der Waals surface area contributed by atoms with E-state index >= 15 is 0 Å². The van der Waals surface area contributed by atoms with Crippen LogP contribution in [0.2, 0.25) is 0 Å². The SMILES string of the molecule is Cn1cnc(S(=O)(=O)N2CCCC(Cc3noc(-c4cccnc4)n3)C2)c1. The third-order valence-electron chi connectivity index (χ3n) is 4.61. The van der Waals surface area contributed by atoms with Crippen LogP contribution in [-0.4, -0.2) is 50.5 Å². The van der Waals surface area contributed by atoms with Crippen molar-refractivity contribution in [2.75, 3.05) is 13.1 Å². The van der Waals surface area contributed by atoms with Crippen molar-refractivity contribution in [3.8, 4) is 11.5 Å². The number of rotatable bonds is 5. The number of hydrogen-bond acceptors (Lipinski definition) is 7. The van der Waals surface area contributed by atoms with Gasteiger partial charge in [0.05, 0.1) is 11.9 Å². The lowest BCUT2D eigenvalue weighted by Gasteiger charge is -2.30. The maximum absolute atomic E-state index is 12.8. The number of pyridine rings is 1. The molecule has 0 saturated carbocycles. The number of hydrogen-bond donors (Lipinski definition) is 0. The first-order valence-corrected chi connectivity index (χ1v) is 10.2. The molecule has 1 unspecified atom stereocenters. The van der Waals surface area contributed by atoms with Gasteiger partial charge in [0.2, 0.25) is 0 Å². The van der Waals surface area contributed by atoms with Gasteiger partial charge in [-0.05, 0) is 30.9 Å². The summed E-state index contributed by atoms with van der Waals surface area (Å²) in [5.41, 5.74) is 0.763. The van der Waals surface area contributed by atoms with Crippen molar-refractivity contribution in [3.05, 3.63) is 42.9 Å². The zero-order chi connectivity index (χ0) is 18.9. The maximum atomic E-state index is 12.8. The summed E-state index contributed by atoms with van der Waals surface area (Å²) in [6.07, 6.45) is 8.65. The van der Waals surface area contributed by atoms with E-state index in [1.54, 1.807) is 30.1 Å². The van der Waals surface area contributed by atoms with Crippen molar-refractivity contribution in [2.45, 2.75) is 24.3 Å². The molecule has 1 atom stereocenters. The van der Waals surface area contributed by atoms with E-state index in [0.29, 0.717) is 31.2 Å². The predicted molar refractivity (Wildman–Crippen MR) is 95.9 cm³/mol. The fourth-order valence-electron chi connectivity index (χ4n) is 3.27. The van der Waals surface area contributed by atoms with Crippen LogP contribution in [-0.2, 0) is 23.5 Å². The van der Waals surface area contributed by atoms with Crippen LogP contribution in [0.1, 0.15) is 18.7 Å². The first kappa shape index (κ1) is 17.8. The van der Waals surface area contributed by atoms with Crippen molar-refractivity contribution < 1.29 is 12.9 Å². The summed E-state index contributed by atoms with van der Waals surface area (Å²) in [4.78, 5) is 12.5. The van der Waals surface area contributed by atoms with E-state index < -0.39 is 10.0 Å². The summed E-state index contributed by atoms with van der Waals surface area (Å²) in [6.45, 7) is 0.929. The van der Waals surface area contributed by atoms with Crippen molar-refractivity contribution in [1.29, 1.82) is 0 Å². The molecule has 4 heterocycles. The van der Waals surface area contributed by atoms with Crippen LogP contribution in [0.5, 0.6) is 0 Å². The van der Waals surface area contributed by atoms with Crippen LogP contribution in [0.25, 0.3) is 11.5 Å². The first-order valence-electron chi connectivity index (χ1n) is 8.73. The summed E-state index contributed by atoms with van der Waals surface area (Å²) < 4.78 is 34.0. The molecule has 27 heavy (non-hydrogen) atoms. The minimum Gasteiger partial charge on any atom is -0.339 e. The Morgan fingerprint density at radius 2 is 2.26 bits per heavy atom. The number of aryl methyl sites for hydroxylation is 1. The molecule has 142 valence electrons. The van der Waals surface area contributed by atoms with Gasteiger partial charge in [-0.2, -0.15) is 9.29 Å². The van der Waals surface area contributed by atoms with E-state index in [1.165, 1.54) is 16.8 Å². The Kier molecular flexibility index (Phi) is 4.75. The summed E-state index contributed by atoms with van der Waals surface area (Å²) in [5, 5.41) is 4.12. The molecule has 0 amide bonds. The lowest BCUT2D eigenvalue weighted by molar-refractivity contribution is 0.260. The monoisotopic (exact) mass is 388 g/mol. The molecule has 1 aliphatic heterocycles. The minimum absolute atomic E-state index is 0.0871. The molecule has 0 spiro atoms. The normalized spacial score (nSPS) is 18.6. The highest BCUT2D eigenvalue weighted by Gasteiger charge is 2.32. The van der Waals surface area contributed by atoms with E-state index in [1.807, 2.05) is 6.07 Å². The third-order valence-corrected chi connectivity index (χ3v) is 6.37. The summed E-state index contributed by atoms with van der Waals surface area (Å²) in [6, 6.07) is 3.66. The number of piperidine rings is 1. The Morgan fingerprint density at radius 3 is 3.00 bits per heavy atom. The Morgan fingerprint density at radius 1 is 1.37 bits per heavy atom. The highest BCUT2D eigenvalue weighted by atomic mass is 32.2. The van der Waals surface area contributed by atoms with Crippen LogP contribution in [0, 0.1) is 5.92 Å². The quantitative estimate of drug-likeness (QED) is 0.652. The minimum atomic E-state index is -3.58. The average Bonchev–Trinajstić information content (AvgIpc) is 3.32. The van der Waals surface area contributed by atoms with Crippen LogP contribution >= 0.6 is 0 Å². The molecule has 4 rings (SSSR count). The zero-order valence-electron chi connectivity index (χ0n) is 14.9. The Bertz CT molecular complexity index is 1010. The molecule has 1 saturated heterocycles. The maximum Gasteiger partial charge on any atom is 0.262 e. The number of imidazole rings is 1. The van der Waals surface area contributed by atoms with Gasteiger partial charge >= 0.3 is 0 Å². The van der Waals surface area contributed by atoms with Crippen molar-refractivity contribution in [1.82, 2.24) is 29.0 Å². The van der Waals surface area contributed by atoms with E-state index in [2.05, 4.69) is 20.1 Å². The molecule has 0 aliphatic carbocycles. The third kappa shape index (κ3) is 3.76. The Balaban J connectivity index is 1.46. The molecular weight excluding hydrogens is 368 g/mol. The van der Waals surface area contributed by atoms with Gasteiger partial charge in [-0.25, -0.2) is 13.4 Å². The number of nitrogens with zero attached hydrogens (tertiary/aromatic N) is 6. The molecule has 0 radical (unpaired) electrons. The highest BCUT2D eigenvalue weighted by Crippen LogP contribution is 2.25. The van der Waals surface area contributed by atoms with E-state index in [4.69, 9.17) is 4.52 Å². The first-order chi connectivity index (χ1) is 13.0. The van der Waals surface area contributed by atoms with Crippen molar-refractivity contribution in [3.63, 3.8) is 0 Å². The largest absolute Gasteiger partial charge is 0.339 e. The molecule has 1 aliphatic rings. The van der Waals surface area contributed by atoms with Gasteiger partial charge in [0, 0.05) is 45.1 Å². The van der Waals surface area contributed by atoms with E-state index in [0.717, 1.165) is 18.4 Å². The average molecular weight is 388 g/mol. The molecule has 10 heteroatoms. The molecule has 0 aromatic carbocycles. The van der Waals surface area contributed by atoms with Gasteiger partial charge in [-0.15, -0.1) is 0 Å². The van der Waals surface area contributed by atoms with E-state index in [-0.39, 0.29) is 10.9 Å². The molecular formula is C17H20N6O3S. The lowest BCUT2D eigenvalue weighted by atomic mass is 9.96. The van der Waals surface area contributed by atoms with Gasteiger partial charge in [0.1, 0.15) is 0 Å². The fourth-order valence-corrected chi connectivity index (χ4v) is 4.79. The van der Waals surface area contributed by atoms with Crippen LogP contribution in [0.15, 0.2) is 46.6 Å². The fraction of sp³-hybridized carbons (Fsp3) is 0.412. The molecule has 0 N–H and O–H groups in total. The van der Waals surface area contributed by atoms with Gasteiger partial charge in [0.25, 0.3) is 15.9 Å². The highest BCUT2D eigenvalue weighted by molar-refractivity contribution is 7.89. The summed E-state index contributed by atoms with van der Waals surface area (Å²) >= 11 is 0. The van der Waals surface area contributed by atoms with Gasteiger partial charge in [-0.3, -0.25) is 4.98 Å². The lowest BCUT2D eigenvalue weighted by Crippen LogP contribution is -2.40. The van der Waals surface area contributed by atoms with Crippen molar-refractivity contribution in [2.24, 2.45) is 13.0 Å². The molecule has 1 fully saturated rings. The second-order valence-electron chi connectivity index (χ2n) is 6.71. The summed E-state index contributed by atoms with van der Waals surface area (Å²) in [5.74, 6) is 1.14. The predicted octanol–water partition coefficient (Wildman–Crippen LogP) is 1.51. The Hall–Kier alpha value is -2.59. The van der Waals surface area contributed by atoms with Crippen LogP contribution in [0.3, 0.4) is 0 Å². The number of sulfonamides is 1. The van der Waals surface area contributed by atoms with Crippen LogP contribution < -0.4 is 0 Å². The molecule has 3 aromatic rings. The smallest absolute Gasteiger partial charge is 0.262 e. The number of aromatic nitrogens is 5. The van der Waals surface area contributed by atoms with Crippen molar-refractivity contribution >= 4 is 10.0 Å². The van der Waals surface area contributed by atoms with E-state index in [9.17, 15) is 8.42 Å². The zero-order valence-corrected chi connectivity index (χ0v) is 15.7. The van der Waals surface area contributed by atoms with Gasteiger partial charge in [-0.1, -0.05) is 5.16 Å². The molecule has 0 bridgehead atoms. The standard InChI is InChI=1S/C17H20N6O3S/c1-22-11-16(19-12-22)27(24,25)23-7-3-4-13(10-23)8-15-20-17(26-21-15)14-5-2-6-18-9-14/h2,5-6,9,11-13H,3-4,7-8,10H2,1H3. The van der Waals surface area contributed by atoms with Crippen LogP contribution in [0.4, 0.5) is 0 Å². The molecule has 9 nitrogen and oxygen atoms in total. The van der Waals surface area contributed by atoms with Gasteiger partial charge in [0.15, 0.2) is 10.9 Å². The van der Waals surface area contributed by atoms with Gasteiger partial charge < -0.3 is 9.09 Å². The summed E-state index contributed by atoms with van der Waals surface area (Å²) in [7, 11) is -1.82. The Labute approximate surface area is 157 Å². The second-order valence-corrected chi connectivity index (χ2v) is 8.60. The topological polar surface area (TPSA) is 107 Å². The second kappa shape index (κ2) is 7.20. The molecule has 3 aromatic heterocycles.